The zero-order chi connectivity index (χ0) is 51.1. The number of piperazine rings is 2. The second-order valence-electron chi connectivity index (χ2n) is 20.7. The highest BCUT2D eigenvalue weighted by Crippen LogP contribution is 2.32. The molecule has 0 spiro atoms. The van der Waals surface area contributed by atoms with E-state index in [4.69, 9.17) is 51.1 Å². The van der Waals surface area contributed by atoms with Crippen LogP contribution in [0.25, 0.3) is 0 Å². The molecule has 1 N–H and O–H groups in total. The molecule has 0 radical (unpaired) electrons. The molecule has 12 nitrogen and oxygen atoms in total. The minimum atomic E-state index is -3.44. The minimum Gasteiger partial charge on any atom is -0.444 e. The van der Waals surface area contributed by atoms with Gasteiger partial charge in [0.2, 0.25) is 20.0 Å². The lowest BCUT2D eigenvalue weighted by Gasteiger charge is -2.50. The number of rotatable bonds is 12. The van der Waals surface area contributed by atoms with Crippen molar-refractivity contribution in [2.45, 2.75) is 114 Å². The Balaban J connectivity index is 0.000000268. The summed E-state index contributed by atoms with van der Waals surface area (Å²) in [5, 5.41) is 6.19. The quantitative estimate of drug-likeness (QED) is 0.148. The fourth-order valence-corrected chi connectivity index (χ4v) is 13.5. The van der Waals surface area contributed by atoms with Gasteiger partial charge < -0.3 is 15.0 Å². The number of sulfonamides is 2. The molecule has 4 saturated heterocycles. The van der Waals surface area contributed by atoms with Gasteiger partial charge in [-0.2, -0.15) is 8.61 Å². The van der Waals surface area contributed by atoms with Gasteiger partial charge in [0.1, 0.15) is 5.60 Å². The highest BCUT2D eigenvalue weighted by Gasteiger charge is 2.43. The third-order valence-corrected chi connectivity index (χ3v) is 17.7. The number of carbonyl (C=O) groups is 1. The van der Waals surface area contributed by atoms with E-state index in [-0.39, 0.29) is 61.1 Å². The van der Waals surface area contributed by atoms with Crippen molar-refractivity contribution in [3.05, 3.63) is 139 Å². The van der Waals surface area contributed by atoms with Crippen LogP contribution in [0.5, 0.6) is 0 Å². The number of benzene rings is 4. The lowest BCUT2D eigenvalue weighted by atomic mass is 9.93. The van der Waals surface area contributed by atoms with Crippen molar-refractivity contribution in [2.75, 3.05) is 64.9 Å². The van der Waals surface area contributed by atoms with Gasteiger partial charge in [-0.15, -0.1) is 24.8 Å². The first-order valence-electron chi connectivity index (χ1n) is 24.7. The van der Waals surface area contributed by atoms with E-state index in [0.717, 1.165) is 68.4 Å². The summed E-state index contributed by atoms with van der Waals surface area (Å²) in [5.41, 5.74) is 3.92. The number of piperidine rings is 2. The van der Waals surface area contributed by atoms with E-state index in [1.165, 1.54) is 18.1 Å². The van der Waals surface area contributed by atoms with Crippen molar-refractivity contribution >= 4 is 97.4 Å². The normalized spacial score (nSPS) is 22.3. The maximum Gasteiger partial charge on any atom is 0.410 e. The van der Waals surface area contributed by atoms with Crippen LogP contribution in [0, 0.1) is 0 Å². The summed E-state index contributed by atoms with van der Waals surface area (Å²) in [6.45, 7) is 11.1. The number of hydrogen-bond donors (Lipinski definition) is 1. The lowest BCUT2D eigenvalue weighted by Crippen LogP contribution is -2.64. The molecule has 1 amide bonds. The van der Waals surface area contributed by atoms with Crippen molar-refractivity contribution in [3.8, 4) is 0 Å². The molecule has 8 rings (SSSR count). The van der Waals surface area contributed by atoms with Crippen LogP contribution >= 0.6 is 71.2 Å². The smallest absolute Gasteiger partial charge is 0.410 e. The zero-order valence-electron chi connectivity index (χ0n) is 42.3. The van der Waals surface area contributed by atoms with Crippen molar-refractivity contribution in [1.29, 1.82) is 0 Å². The molecule has 404 valence electrons. The molecule has 4 heterocycles. The van der Waals surface area contributed by atoms with Crippen molar-refractivity contribution in [3.63, 3.8) is 0 Å². The number of carbonyl (C=O) groups excluding carboxylic acids is 1. The Morgan fingerprint density at radius 1 is 0.521 bits per heavy atom. The van der Waals surface area contributed by atoms with Gasteiger partial charge in [0.25, 0.3) is 0 Å². The first-order valence-corrected chi connectivity index (χ1v) is 29.9. The van der Waals surface area contributed by atoms with E-state index in [0.29, 0.717) is 78.1 Å². The van der Waals surface area contributed by atoms with Crippen LogP contribution in [0.3, 0.4) is 0 Å². The highest BCUT2D eigenvalue weighted by atomic mass is 35.5. The second-order valence-corrected chi connectivity index (χ2v) is 26.3. The van der Waals surface area contributed by atoms with Gasteiger partial charge in [0.05, 0.1) is 12.5 Å². The summed E-state index contributed by atoms with van der Waals surface area (Å²) in [7, 11) is -6.78. The van der Waals surface area contributed by atoms with Crippen LogP contribution in [0.4, 0.5) is 4.79 Å². The van der Waals surface area contributed by atoms with Gasteiger partial charge >= 0.3 is 6.09 Å². The first-order chi connectivity index (χ1) is 33.6. The standard InChI is InChI=1S/C29H39Cl2N3O4S.C24H31Cl2N3O2S.2ClH/c1-29(2,3)38-28(35)32-15-13-25(14-16-32)33-19-27(18-22-7-11-24(31)12-8-22)34(39(4,36)37)20-26(33)17-21-5-9-23(30)10-6-21;1-32(30,31)29-17-23(14-18-2-6-20(25)7-3-18)28(22-10-12-27-13-11-22)16-24(29)15-19-4-8-21(26)9-5-19;;/h5-12,25-27H,13-20H2,1-4H3;2-9,22-24,27H,10-17H2,1H3;2*1H. The fourth-order valence-electron chi connectivity index (χ4n) is 10.7. The molecule has 0 aliphatic carbocycles. The summed E-state index contributed by atoms with van der Waals surface area (Å²) in [6, 6.07) is 31.6. The number of likely N-dealkylation sites (tertiary alicyclic amines) is 1. The van der Waals surface area contributed by atoms with Crippen LogP contribution in [0.15, 0.2) is 97.1 Å². The van der Waals surface area contributed by atoms with Gasteiger partial charge in [-0.05, 0) is 156 Å². The molecule has 73 heavy (non-hydrogen) atoms. The molecule has 20 heteroatoms. The highest BCUT2D eigenvalue weighted by molar-refractivity contribution is 7.88. The Morgan fingerprint density at radius 2 is 0.822 bits per heavy atom. The third kappa shape index (κ3) is 18.1. The van der Waals surface area contributed by atoms with E-state index in [1.807, 2.05) is 118 Å². The fraction of sp³-hybridized carbons (Fsp3) is 0.528. The molecule has 0 bridgehead atoms. The Hall–Kier alpha value is -2.41. The SMILES string of the molecule is CC(C)(C)OC(=O)N1CCC(N2CC(Cc3ccc(Cl)cc3)N(S(C)(=O)=O)CC2Cc2ccc(Cl)cc2)CC1.CS(=O)(=O)N1CC(Cc2ccc(Cl)cc2)N(C2CCNCC2)CC1Cc1ccc(Cl)cc1.Cl.Cl. The van der Waals surface area contributed by atoms with Crippen LogP contribution in [-0.4, -0.2) is 153 Å². The number of amides is 1. The van der Waals surface area contributed by atoms with E-state index in [2.05, 4.69) is 15.1 Å². The summed E-state index contributed by atoms with van der Waals surface area (Å²) in [4.78, 5) is 19.5. The Morgan fingerprint density at radius 3 is 1.12 bits per heavy atom. The Labute approximate surface area is 467 Å². The Kier molecular flexibility index (Phi) is 22.9. The molecule has 0 aromatic heterocycles. The zero-order valence-corrected chi connectivity index (χ0v) is 48.6. The van der Waals surface area contributed by atoms with Crippen LogP contribution in [0.1, 0.15) is 68.7 Å². The summed E-state index contributed by atoms with van der Waals surface area (Å²) in [5.74, 6) is 0. The summed E-state index contributed by atoms with van der Waals surface area (Å²) < 4.78 is 60.7. The van der Waals surface area contributed by atoms with E-state index < -0.39 is 25.6 Å². The molecular weight excluding hydrogens is 1090 g/mol. The first kappa shape index (κ1) is 61.4. The monoisotopic (exact) mass is 1160 g/mol. The number of hydrogen-bond acceptors (Lipinski definition) is 9. The van der Waals surface area contributed by atoms with E-state index in [1.54, 1.807) is 13.5 Å². The number of ether oxygens (including phenoxy) is 1. The average molecular weight is 1170 g/mol. The van der Waals surface area contributed by atoms with Gasteiger partial charge in [0.15, 0.2) is 0 Å². The van der Waals surface area contributed by atoms with Crippen LogP contribution in [0.2, 0.25) is 20.1 Å². The predicted molar refractivity (Wildman–Crippen MR) is 304 cm³/mol. The van der Waals surface area contributed by atoms with Crippen LogP contribution < -0.4 is 5.32 Å². The molecule has 0 saturated carbocycles. The Bertz CT molecular complexity index is 2580. The lowest BCUT2D eigenvalue weighted by molar-refractivity contribution is -0.00397. The van der Waals surface area contributed by atoms with E-state index in [9.17, 15) is 21.6 Å². The van der Waals surface area contributed by atoms with Gasteiger partial charge in [-0.25, -0.2) is 21.6 Å². The van der Waals surface area contributed by atoms with E-state index >= 15 is 0 Å². The van der Waals surface area contributed by atoms with Gasteiger partial charge in [0, 0.05) is 95.6 Å². The molecular formula is C53H72Cl6N6O6S2. The number of halogens is 6. The van der Waals surface area contributed by atoms with Crippen molar-refractivity contribution in [2.24, 2.45) is 0 Å². The van der Waals surface area contributed by atoms with Crippen molar-refractivity contribution < 1.29 is 26.4 Å². The minimum absolute atomic E-state index is 0. The number of nitrogens with zero attached hydrogens (tertiary/aromatic N) is 5. The van der Waals surface area contributed by atoms with Gasteiger partial charge in [-0.3, -0.25) is 9.80 Å². The molecule has 4 aliphatic rings. The molecule has 4 aromatic rings. The van der Waals surface area contributed by atoms with Crippen LogP contribution in [-0.2, 0) is 50.5 Å². The molecule has 4 unspecified atom stereocenters. The van der Waals surface area contributed by atoms with Gasteiger partial charge in [-0.1, -0.05) is 94.9 Å². The maximum atomic E-state index is 13.0. The molecule has 4 aromatic carbocycles. The second kappa shape index (κ2) is 27.3. The average Bonchev–Trinajstić information content (AvgIpc) is 3.32. The topological polar surface area (TPSA) is 123 Å². The third-order valence-electron chi connectivity index (χ3n) is 14.1. The summed E-state index contributed by atoms with van der Waals surface area (Å²) >= 11 is 24.4. The predicted octanol–water partition coefficient (Wildman–Crippen LogP) is 10.2. The summed E-state index contributed by atoms with van der Waals surface area (Å²) in [6.07, 6.45) is 8.95. The maximum absolute atomic E-state index is 13.0. The molecule has 4 atom stereocenters. The molecule has 4 aliphatic heterocycles. The number of nitrogens with one attached hydrogen (secondary N) is 1. The van der Waals surface area contributed by atoms with Crippen molar-refractivity contribution in [1.82, 2.24) is 28.6 Å². The largest absolute Gasteiger partial charge is 0.444 e. The molecule has 4 fully saturated rings.